The quantitative estimate of drug-likeness (QED) is 0.706. The molecule has 0 aromatic heterocycles. The van der Waals surface area contributed by atoms with Crippen LogP contribution < -0.4 is 5.73 Å². The zero-order valence-electron chi connectivity index (χ0n) is 9.80. The maximum atomic E-state index is 11.7. The van der Waals surface area contributed by atoms with Crippen molar-refractivity contribution >= 4 is 11.7 Å². The number of hydrogen-bond acceptors (Lipinski definition) is 4. The minimum atomic E-state index is -1.67. The summed E-state index contributed by atoms with van der Waals surface area (Å²) in [5, 5.41) is 19.2. The van der Waals surface area contributed by atoms with E-state index >= 15 is 0 Å². The summed E-state index contributed by atoms with van der Waals surface area (Å²) in [7, 11) is 0. The molecule has 0 aliphatic heterocycles. The van der Waals surface area contributed by atoms with Crippen LogP contribution in [0.1, 0.15) is 40.4 Å². The molecule has 2 rings (SSSR count). The Morgan fingerprint density at radius 1 is 1.28 bits per heavy atom. The smallest absolute Gasteiger partial charge is 0.249 e. The minimum Gasteiger partial charge on any atom is -0.385 e. The highest BCUT2D eigenvalue weighted by molar-refractivity contribution is 5.98. The number of ketones is 1. The number of benzene rings is 1. The van der Waals surface area contributed by atoms with Gasteiger partial charge in [0, 0.05) is 12.0 Å². The molecule has 0 saturated carbocycles. The Balaban J connectivity index is 2.33. The van der Waals surface area contributed by atoms with Crippen molar-refractivity contribution in [3.8, 4) is 0 Å². The first kappa shape index (κ1) is 12.7. The van der Waals surface area contributed by atoms with Gasteiger partial charge in [0.2, 0.25) is 5.91 Å². The second-order valence-electron chi connectivity index (χ2n) is 4.49. The van der Waals surface area contributed by atoms with Gasteiger partial charge in [0.1, 0.15) is 6.10 Å². The van der Waals surface area contributed by atoms with Crippen LogP contribution in [0.2, 0.25) is 0 Å². The number of carbonyl (C=O) groups excluding carboxylic acids is 2. The van der Waals surface area contributed by atoms with E-state index in [0.717, 1.165) is 18.4 Å². The van der Waals surface area contributed by atoms with Gasteiger partial charge < -0.3 is 15.9 Å². The van der Waals surface area contributed by atoms with Crippen molar-refractivity contribution in [3.63, 3.8) is 0 Å². The van der Waals surface area contributed by atoms with Gasteiger partial charge in [0.25, 0.3) is 0 Å². The molecule has 0 fully saturated rings. The van der Waals surface area contributed by atoms with Crippen LogP contribution in [-0.4, -0.2) is 28.0 Å². The third-order valence-electron chi connectivity index (χ3n) is 3.22. The van der Waals surface area contributed by atoms with Crippen LogP contribution in [0.15, 0.2) is 18.2 Å². The molecule has 5 heteroatoms. The van der Waals surface area contributed by atoms with Crippen LogP contribution in [0.25, 0.3) is 0 Å². The first-order valence-corrected chi connectivity index (χ1v) is 5.82. The van der Waals surface area contributed by atoms with Crippen molar-refractivity contribution in [3.05, 3.63) is 34.9 Å². The maximum Gasteiger partial charge on any atom is 0.249 e. The molecule has 0 spiro atoms. The monoisotopic (exact) mass is 249 g/mol. The van der Waals surface area contributed by atoms with Crippen LogP contribution in [0, 0.1) is 0 Å². The second kappa shape index (κ2) is 4.88. The number of aliphatic hydroxyl groups excluding tert-OH is 2. The van der Waals surface area contributed by atoms with Crippen molar-refractivity contribution in [2.45, 2.75) is 31.5 Å². The maximum absolute atomic E-state index is 11.7. The predicted octanol–water partition coefficient (Wildman–Crippen LogP) is 0.0852. The molecule has 18 heavy (non-hydrogen) atoms. The topological polar surface area (TPSA) is 101 Å². The summed E-state index contributed by atoms with van der Waals surface area (Å²) >= 11 is 0. The van der Waals surface area contributed by atoms with Gasteiger partial charge in [-0.05, 0) is 30.0 Å². The average molecular weight is 249 g/mol. The summed E-state index contributed by atoms with van der Waals surface area (Å²) in [4.78, 5) is 22.5. The number of aryl methyl sites for hydroxylation is 1. The van der Waals surface area contributed by atoms with Crippen LogP contribution >= 0.6 is 0 Å². The summed E-state index contributed by atoms with van der Waals surface area (Å²) in [6, 6.07) is 4.89. The summed E-state index contributed by atoms with van der Waals surface area (Å²) in [5.41, 5.74) is 6.76. The van der Waals surface area contributed by atoms with Crippen LogP contribution in [0.3, 0.4) is 0 Å². The molecule has 0 saturated heterocycles. The highest BCUT2D eigenvalue weighted by Gasteiger charge is 2.25. The summed E-state index contributed by atoms with van der Waals surface area (Å²) in [6.07, 6.45) is -0.914. The number of amides is 1. The number of Topliss-reactive ketones (excluding diaryl/α,β-unsaturated/α-hetero) is 1. The Hall–Kier alpha value is -1.72. The number of hydrogen-bond donors (Lipinski definition) is 3. The molecule has 1 amide bonds. The van der Waals surface area contributed by atoms with Crippen LogP contribution in [0.5, 0.6) is 0 Å². The van der Waals surface area contributed by atoms with Gasteiger partial charge in [-0.1, -0.05) is 12.1 Å². The van der Waals surface area contributed by atoms with Crippen molar-refractivity contribution in [2.24, 2.45) is 5.73 Å². The van der Waals surface area contributed by atoms with E-state index in [2.05, 4.69) is 0 Å². The molecule has 2 atom stereocenters. The SMILES string of the molecule is NC(=O)C(O)C(O)c1ccc2c(c1)C(=O)CCC2. The molecule has 2 unspecified atom stereocenters. The fourth-order valence-electron chi connectivity index (χ4n) is 2.17. The number of aliphatic hydroxyl groups is 2. The van der Waals surface area contributed by atoms with Gasteiger partial charge >= 0.3 is 0 Å². The lowest BCUT2D eigenvalue weighted by atomic mass is 9.88. The molecular formula is C13H15NO4. The Morgan fingerprint density at radius 3 is 2.67 bits per heavy atom. The Kier molecular flexibility index (Phi) is 3.45. The third kappa shape index (κ3) is 2.27. The largest absolute Gasteiger partial charge is 0.385 e. The van der Waals surface area contributed by atoms with E-state index in [-0.39, 0.29) is 5.78 Å². The average Bonchev–Trinajstić information content (AvgIpc) is 2.37. The molecule has 1 aliphatic carbocycles. The molecule has 4 N–H and O–H groups in total. The van der Waals surface area contributed by atoms with E-state index in [4.69, 9.17) is 5.73 Å². The minimum absolute atomic E-state index is 0.0267. The normalized spacial score (nSPS) is 18.0. The van der Waals surface area contributed by atoms with E-state index < -0.39 is 18.1 Å². The predicted molar refractivity (Wildman–Crippen MR) is 63.9 cm³/mol. The summed E-state index contributed by atoms with van der Waals surface area (Å²) < 4.78 is 0. The zero-order chi connectivity index (χ0) is 13.3. The number of nitrogens with two attached hydrogens (primary N) is 1. The molecule has 1 aliphatic rings. The van der Waals surface area contributed by atoms with Crippen molar-refractivity contribution in [2.75, 3.05) is 0 Å². The fraction of sp³-hybridized carbons (Fsp3) is 0.385. The molecule has 0 bridgehead atoms. The highest BCUT2D eigenvalue weighted by Crippen LogP contribution is 2.26. The lowest BCUT2D eigenvalue weighted by Crippen LogP contribution is -2.34. The number of rotatable bonds is 3. The second-order valence-corrected chi connectivity index (χ2v) is 4.49. The van der Waals surface area contributed by atoms with Gasteiger partial charge in [-0.25, -0.2) is 0 Å². The van der Waals surface area contributed by atoms with Crippen molar-refractivity contribution < 1.29 is 19.8 Å². The number of primary amides is 1. The lowest BCUT2D eigenvalue weighted by molar-refractivity contribution is -0.131. The Bertz CT molecular complexity index is 498. The molecule has 96 valence electrons. The van der Waals surface area contributed by atoms with E-state index in [1.165, 1.54) is 6.07 Å². The summed E-state index contributed by atoms with van der Waals surface area (Å²) in [5.74, 6) is -0.967. The Morgan fingerprint density at radius 2 is 2.00 bits per heavy atom. The molecule has 1 aromatic carbocycles. The van der Waals surface area contributed by atoms with Gasteiger partial charge in [-0.3, -0.25) is 9.59 Å². The van der Waals surface area contributed by atoms with Crippen molar-refractivity contribution in [1.29, 1.82) is 0 Å². The third-order valence-corrected chi connectivity index (χ3v) is 3.22. The van der Waals surface area contributed by atoms with Gasteiger partial charge in [-0.2, -0.15) is 0 Å². The molecule has 5 nitrogen and oxygen atoms in total. The molecule has 1 aromatic rings. The molecular weight excluding hydrogens is 234 g/mol. The molecule has 0 heterocycles. The Labute approximate surface area is 104 Å². The lowest BCUT2D eigenvalue weighted by Gasteiger charge is -2.19. The van der Waals surface area contributed by atoms with E-state index in [0.29, 0.717) is 17.5 Å². The van der Waals surface area contributed by atoms with Gasteiger partial charge in [0.15, 0.2) is 11.9 Å². The van der Waals surface area contributed by atoms with Crippen LogP contribution in [-0.2, 0) is 11.2 Å². The van der Waals surface area contributed by atoms with E-state index in [9.17, 15) is 19.8 Å². The fourth-order valence-corrected chi connectivity index (χ4v) is 2.17. The van der Waals surface area contributed by atoms with Crippen molar-refractivity contribution in [1.82, 2.24) is 0 Å². The molecule has 0 radical (unpaired) electrons. The van der Waals surface area contributed by atoms with Crippen LogP contribution in [0.4, 0.5) is 0 Å². The standard InChI is InChI=1S/C13H15NO4/c14-13(18)12(17)11(16)8-5-4-7-2-1-3-10(15)9(7)6-8/h4-6,11-12,16-17H,1-3H2,(H2,14,18). The first-order valence-electron chi connectivity index (χ1n) is 5.82. The first-order chi connectivity index (χ1) is 8.50. The number of fused-ring (bicyclic) bond motifs is 1. The van der Waals surface area contributed by atoms with E-state index in [1.54, 1.807) is 12.1 Å². The number of carbonyl (C=O) groups is 2. The van der Waals surface area contributed by atoms with Gasteiger partial charge in [0.05, 0.1) is 0 Å². The van der Waals surface area contributed by atoms with E-state index in [1.807, 2.05) is 0 Å². The zero-order valence-corrected chi connectivity index (χ0v) is 9.80. The highest BCUT2D eigenvalue weighted by atomic mass is 16.3. The summed E-state index contributed by atoms with van der Waals surface area (Å²) in [6.45, 7) is 0. The van der Waals surface area contributed by atoms with Gasteiger partial charge in [-0.15, -0.1) is 0 Å².